The van der Waals surface area contributed by atoms with Gasteiger partial charge in [-0.05, 0) is 25.2 Å². The van der Waals surface area contributed by atoms with Crippen LogP contribution in [0.15, 0.2) is 52.0 Å². The fourth-order valence-electron chi connectivity index (χ4n) is 1.71. The van der Waals surface area contributed by atoms with E-state index >= 15 is 0 Å². The average molecular weight is 290 g/mol. The Morgan fingerprint density at radius 3 is 2.75 bits per heavy atom. The summed E-state index contributed by atoms with van der Waals surface area (Å²) in [4.78, 5) is 13.1. The molecule has 0 saturated heterocycles. The number of nitrogens with one attached hydrogen (secondary N) is 2. The first-order chi connectivity index (χ1) is 9.81. The van der Waals surface area contributed by atoms with Gasteiger partial charge < -0.3 is 15.1 Å². The smallest absolute Gasteiger partial charge is 0.287 e. The van der Waals surface area contributed by atoms with Gasteiger partial charge >= 0.3 is 0 Å². The molecule has 1 aromatic carbocycles. The quantitative estimate of drug-likeness (QED) is 0.608. The van der Waals surface area contributed by atoms with Crippen LogP contribution in [0.25, 0.3) is 0 Å². The molecular weight excluding hydrogens is 272 g/mol. The maximum atomic E-state index is 12.0. The van der Waals surface area contributed by atoms with E-state index < -0.39 is 0 Å². The average Bonchev–Trinajstić information content (AvgIpc) is 2.95. The van der Waals surface area contributed by atoms with E-state index in [1.165, 1.54) is 4.90 Å². The number of rotatable bonds is 7. The van der Waals surface area contributed by atoms with E-state index in [0.717, 1.165) is 17.9 Å². The zero-order valence-electron chi connectivity index (χ0n) is 11.4. The van der Waals surface area contributed by atoms with Gasteiger partial charge in [0.25, 0.3) is 5.91 Å². The van der Waals surface area contributed by atoms with Gasteiger partial charge in [0.15, 0.2) is 5.76 Å². The summed E-state index contributed by atoms with van der Waals surface area (Å²) >= 11 is 1.69. The summed E-state index contributed by atoms with van der Waals surface area (Å²) in [5.41, 5.74) is 0.917. The summed E-state index contributed by atoms with van der Waals surface area (Å²) in [6.07, 6.45) is 1.56. The van der Waals surface area contributed by atoms with Crippen molar-refractivity contribution in [2.24, 2.45) is 0 Å². The summed E-state index contributed by atoms with van der Waals surface area (Å²) in [5, 5.41) is 5.80. The van der Waals surface area contributed by atoms with Crippen LogP contribution in [0, 0.1) is 0 Å². The standard InChI is InChI=1S/C15H18N2O2S/c1-16-8-9-17-15(18)14-12(7-10-19-14)11-20-13-5-3-2-4-6-13/h2-7,10,16H,8-9,11H2,1H3,(H,17,18). The van der Waals surface area contributed by atoms with E-state index in [-0.39, 0.29) is 5.91 Å². The van der Waals surface area contributed by atoms with Gasteiger partial charge in [-0.3, -0.25) is 4.79 Å². The number of thioether (sulfide) groups is 1. The topological polar surface area (TPSA) is 54.3 Å². The van der Waals surface area contributed by atoms with Crippen molar-refractivity contribution in [2.45, 2.75) is 10.6 Å². The highest BCUT2D eigenvalue weighted by molar-refractivity contribution is 7.98. The Labute approximate surface area is 122 Å². The number of amides is 1. The fraction of sp³-hybridized carbons (Fsp3) is 0.267. The molecule has 106 valence electrons. The molecule has 1 heterocycles. The first-order valence-electron chi connectivity index (χ1n) is 6.48. The zero-order chi connectivity index (χ0) is 14.2. The lowest BCUT2D eigenvalue weighted by molar-refractivity contribution is 0.0925. The van der Waals surface area contributed by atoms with Crippen molar-refractivity contribution >= 4 is 17.7 Å². The SMILES string of the molecule is CNCCNC(=O)c1occc1CSc1ccccc1. The van der Waals surface area contributed by atoms with Crippen molar-refractivity contribution in [3.63, 3.8) is 0 Å². The van der Waals surface area contributed by atoms with E-state index in [4.69, 9.17) is 4.42 Å². The van der Waals surface area contributed by atoms with Gasteiger partial charge in [0.2, 0.25) is 0 Å². The monoisotopic (exact) mass is 290 g/mol. The van der Waals surface area contributed by atoms with Crippen LogP contribution in [0.4, 0.5) is 0 Å². The lowest BCUT2D eigenvalue weighted by Crippen LogP contribution is -2.30. The Hall–Kier alpha value is -1.72. The second-order valence-electron chi connectivity index (χ2n) is 4.24. The summed E-state index contributed by atoms with van der Waals surface area (Å²) in [5.74, 6) is 0.966. The van der Waals surface area contributed by atoms with Gasteiger partial charge in [0.1, 0.15) is 0 Å². The highest BCUT2D eigenvalue weighted by atomic mass is 32.2. The first kappa shape index (κ1) is 14.7. The van der Waals surface area contributed by atoms with Crippen LogP contribution in [-0.4, -0.2) is 26.0 Å². The Kier molecular flexibility index (Phi) is 5.70. The van der Waals surface area contributed by atoms with Crippen molar-refractivity contribution in [3.05, 3.63) is 54.0 Å². The number of hydrogen-bond acceptors (Lipinski definition) is 4. The Bertz CT molecular complexity index is 540. The van der Waals surface area contributed by atoms with Crippen molar-refractivity contribution in [1.29, 1.82) is 0 Å². The van der Waals surface area contributed by atoms with Crippen molar-refractivity contribution < 1.29 is 9.21 Å². The predicted molar refractivity (Wildman–Crippen MR) is 81.0 cm³/mol. The fourth-order valence-corrected chi connectivity index (χ4v) is 2.61. The highest BCUT2D eigenvalue weighted by Gasteiger charge is 2.14. The van der Waals surface area contributed by atoms with Crippen LogP contribution in [0.2, 0.25) is 0 Å². The van der Waals surface area contributed by atoms with Crippen LogP contribution in [0.1, 0.15) is 16.1 Å². The lowest BCUT2D eigenvalue weighted by atomic mass is 10.2. The Balaban J connectivity index is 1.93. The summed E-state index contributed by atoms with van der Waals surface area (Å²) in [6, 6.07) is 12.0. The largest absolute Gasteiger partial charge is 0.459 e. The van der Waals surface area contributed by atoms with Crippen LogP contribution in [0.5, 0.6) is 0 Å². The molecule has 20 heavy (non-hydrogen) atoms. The first-order valence-corrected chi connectivity index (χ1v) is 7.47. The van der Waals surface area contributed by atoms with E-state index in [9.17, 15) is 4.79 Å². The molecule has 5 heteroatoms. The molecule has 2 N–H and O–H groups in total. The van der Waals surface area contributed by atoms with E-state index in [1.54, 1.807) is 18.0 Å². The maximum Gasteiger partial charge on any atom is 0.287 e. The lowest BCUT2D eigenvalue weighted by Gasteiger charge is -2.05. The second kappa shape index (κ2) is 7.77. The van der Waals surface area contributed by atoms with E-state index in [1.807, 2.05) is 31.3 Å². The number of likely N-dealkylation sites (N-methyl/N-ethyl adjacent to an activating group) is 1. The third-order valence-electron chi connectivity index (χ3n) is 2.75. The predicted octanol–water partition coefficient (Wildman–Crippen LogP) is 2.52. The van der Waals surface area contributed by atoms with Crippen LogP contribution >= 0.6 is 11.8 Å². The molecule has 1 amide bonds. The third-order valence-corrected chi connectivity index (χ3v) is 3.81. The van der Waals surface area contributed by atoms with Gasteiger partial charge in [-0.15, -0.1) is 11.8 Å². The summed E-state index contributed by atoms with van der Waals surface area (Å²) < 4.78 is 5.30. The molecule has 0 spiro atoms. The van der Waals surface area contributed by atoms with Crippen LogP contribution in [0.3, 0.4) is 0 Å². The molecule has 0 aliphatic carbocycles. The van der Waals surface area contributed by atoms with Gasteiger partial charge in [-0.1, -0.05) is 18.2 Å². The molecule has 2 aromatic rings. The minimum Gasteiger partial charge on any atom is -0.459 e. The van der Waals surface area contributed by atoms with Crippen molar-refractivity contribution in [1.82, 2.24) is 10.6 Å². The van der Waals surface area contributed by atoms with Crippen molar-refractivity contribution in [2.75, 3.05) is 20.1 Å². The highest BCUT2D eigenvalue weighted by Crippen LogP contribution is 2.24. The van der Waals surface area contributed by atoms with Crippen molar-refractivity contribution in [3.8, 4) is 0 Å². The Morgan fingerprint density at radius 1 is 1.20 bits per heavy atom. The molecule has 0 fully saturated rings. The van der Waals surface area contributed by atoms with E-state index in [2.05, 4.69) is 22.8 Å². The molecule has 0 aliphatic rings. The number of furan rings is 1. The Morgan fingerprint density at radius 2 is 2.00 bits per heavy atom. The third kappa shape index (κ3) is 4.15. The molecule has 0 saturated carbocycles. The molecule has 0 atom stereocenters. The number of carbonyl (C=O) groups excluding carboxylic acids is 1. The molecule has 0 radical (unpaired) electrons. The van der Waals surface area contributed by atoms with Crippen LogP contribution < -0.4 is 10.6 Å². The van der Waals surface area contributed by atoms with Gasteiger partial charge in [-0.25, -0.2) is 0 Å². The van der Waals surface area contributed by atoms with E-state index in [0.29, 0.717) is 12.3 Å². The minimum atomic E-state index is -0.158. The summed E-state index contributed by atoms with van der Waals surface area (Å²) in [6.45, 7) is 1.32. The number of benzene rings is 1. The molecule has 0 aliphatic heterocycles. The molecule has 0 unspecified atom stereocenters. The van der Waals surface area contributed by atoms with Gasteiger partial charge in [-0.2, -0.15) is 0 Å². The molecule has 2 rings (SSSR count). The normalized spacial score (nSPS) is 10.4. The zero-order valence-corrected chi connectivity index (χ0v) is 12.2. The number of hydrogen-bond donors (Lipinski definition) is 2. The molecular formula is C15H18N2O2S. The molecule has 0 bridgehead atoms. The number of carbonyl (C=O) groups is 1. The van der Waals surface area contributed by atoms with Gasteiger partial charge in [0.05, 0.1) is 6.26 Å². The maximum absolute atomic E-state index is 12.0. The second-order valence-corrected chi connectivity index (χ2v) is 5.28. The molecule has 1 aromatic heterocycles. The minimum absolute atomic E-state index is 0.158. The molecule has 4 nitrogen and oxygen atoms in total. The van der Waals surface area contributed by atoms with Gasteiger partial charge in [0, 0.05) is 29.3 Å². The summed E-state index contributed by atoms with van der Waals surface area (Å²) in [7, 11) is 1.85. The van der Waals surface area contributed by atoms with Crippen LogP contribution in [-0.2, 0) is 5.75 Å².